The average Bonchev–Trinajstić information content (AvgIpc) is 2.32. The largest absolute Gasteiger partial charge is 0.343 e. The third-order valence-electron chi connectivity index (χ3n) is 2.83. The lowest BCUT2D eigenvalue weighted by Gasteiger charge is -2.14. The first-order valence-electron chi connectivity index (χ1n) is 5.43. The highest BCUT2D eigenvalue weighted by atomic mass is 19.1. The molecule has 0 saturated heterocycles. The second-order valence-electron chi connectivity index (χ2n) is 4.32. The number of rotatable bonds is 1. The summed E-state index contributed by atoms with van der Waals surface area (Å²) in [7, 11) is 4.73. The van der Waals surface area contributed by atoms with E-state index in [0.717, 1.165) is 0 Å². The van der Waals surface area contributed by atoms with Crippen LogP contribution in [0.15, 0.2) is 29.1 Å². The van der Waals surface area contributed by atoms with E-state index in [2.05, 4.69) is 0 Å². The van der Waals surface area contributed by atoms with Gasteiger partial charge >= 0.3 is 0 Å². The highest BCUT2D eigenvalue weighted by molar-refractivity contribution is 5.96. The first-order valence-corrected chi connectivity index (χ1v) is 5.43. The summed E-state index contributed by atoms with van der Waals surface area (Å²) in [6, 6.07) is 5.44. The second-order valence-corrected chi connectivity index (χ2v) is 4.32. The van der Waals surface area contributed by atoms with Gasteiger partial charge in [0.15, 0.2) is 0 Å². The molecule has 0 saturated carbocycles. The lowest BCUT2D eigenvalue weighted by atomic mass is 10.1. The van der Waals surface area contributed by atoms with Crippen molar-refractivity contribution in [2.24, 2.45) is 7.05 Å². The van der Waals surface area contributed by atoms with Crippen molar-refractivity contribution in [3.8, 4) is 0 Å². The summed E-state index contributed by atoms with van der Waals surface area (Å²) in [6.07, 6.45) is 0. The number of benzene rings is 1. The van der Waals surface area contributed by atoms with Gasteiger partial charge in [0.25, 0.3) is 11.5 Å². The van der Waals surface area contributed by atoms with Crippen molar-refractivity contribution in [1.29, 1.82) is 0 Å². The number of aromatic nitrogens is 1. The van der Waals surface area contributed by atoms with Gasteiger partial charge in [0, 0.05) is 26.5 Å². The van der Waals surface area contributed by atoms with E-state index in [0.29, 0.717) is 10.8 Å². The summed E-state index contributed by atoms with van der Waals surface area (Å²) in [5, 5.41) is 0.831. The van der Waals surface area contributed by atoms with Crippen LogP contribution >= 0.6 is 0 Å². The fourth-order valence-corrected chi connectivity index (χ4v) is 1.82. The number of hydrogen-bond donors (Lipinski definition) is 0. The molecule has 0 N–H and O–H groups in total. The van der Waals surface area contributed by atoms with Crippen molar-refractivity contribution in [2.45, 2.75) is 0 Å². The molecule has 1 aromatic heterocycles. The predicted molar refractivity (Wildman–Crippen MR) is 67.2 cm³/mol. The van der Waals surface area contributed by atoms with Crippen molar-refractivity contribution in [2.75, 3.05) is 14.1 Å². The normalized spacial score (nSPS) is 10.7. The van der Waals surface area contributed by atoms with Crippen LogP contribution in [-0.2, 0) is 7.05 Å². The zero-order chi connectivity index (χ0) is 13.4. The number of nitrogens with zero attached hydrogens (tertiary/aromatic N) is 2. The van der Waals surface area contributed by atoms with Crippen LogP contribution in [0.3, 0.4) is 0 Å². The maximum Gasteiger partial charge on any atom is 0.270 e. The Morgan fingerprint density at radius 2 is 1.94 bits per heavy atom. The van der Waals surface area contributed by atoms with Gasteiger partial charge in [-0.05, 0) is 29.7 Å². The number of carbonyl (C=O) groups is 1. The Balaban J connectivity index is 2.81. The summed E-state index contributed by atoms with van der Waals surface area (Å²) in [5.41, 5.74) is -0.0687. The fraction of sp³-hybridized carbons (Fsp3) is 0.231. The molecule has 94 valence electrons. The molecule has 1 amide bonds. The Labute approximate surface area is 103 Å². The van der Waals surface area contributed by atoms with E-state index in [1.165, 1.54) is 40.8 Å². The summed E-state index contributed by atoms with van der Waals surface area (Å²) in [6.45, 7) is 0. The van der Waals surface area contributed by atoms with Crippen molar-refractivity contribution in [3.63, 3.8) is 0 Å². The van der Waals surface area contributed by atoms with E-state index in [-0.39, 0.29) is 17.2 Å². The molecule has 2 rings (SSSR count). The molecule has 0 unspecified atom stereocenters. The van der Waals surface area contributed by atoms with E-state index in [9.17, 15) is 14.0 Å². The molecule has 0 fully saturated rings. The summed E-state index contributed by atoms with van der Waals surface area (Å²) in [5.74, 6) is -0.722. The zero-order valence-corrected chi connectivity index (χ0v) is 10.4. The number of carbonyl (C=O) groups excluding carboxylic acids is 1. The minimum atomic E-state index is -0.431. The van der Waals surface area contributed by atoms with Crippen LogP contribution < -0.4 is 5.56 Å². The van der Waals surface area contributed by atoms with Crippen LogP contribution in [0.25, 0.3) is 10.8 Å². The molecule has 1 heterocycles. The van der Waals surface area contributed by atoms with Gasteiger partial charge in [-0.25, -0.2) is 4.39 Å². The lowest BCUT2D eigenvalue weighted by Crippen LogP contribution is -2.30. The van der Waals surface area contributed by atoms with Gasteiger partial charge in [-0.2, -0.15) is 0 Å². The Bertz CT molecular complexity index is 689. The molecule has 1 aromatic carbocycles. The fourth-order valence-electron chi connectivity index (χ4n) is 1.82. The average molecular weight is 248 g/mol. The molecule has 5 heteroatoms. The molecule has 0 atom stereocenters. The highest BCUT2D eigenvalue weighted by Crippen LogP contribution is 2.14. The monoisotopic (exact) mass is 248 g/mol. The Hall–Kier alpha value is -2.17. The molecule has 0 aliphatic heterocycles. The van der Waals surface area contributed by atoms with E-state index in [1.54, 1.807) is 14.1 Å². The van der Waals surface area contributed by atoms with Crippen LogP contribution in [0.5, 0.6) is 0 Å². The maximum absolute atomic E-state index is 13.2. The van der Waals surface area contributed by atoms with Crippen molar-refractivity contribution >= 4 is 16.7 Å². The number of fused-ring (bicyclic) bond motifs is 1. The quantitative estimate of drug-likeness (QED) is 0.765. The maximum atomic E-state index is 13.2. The minimum Gasteiger partial charge on any atom is -0.343 e. The van der Waals surface area contributed by atoms with E-state index >= 15 is 0 Å². The third-order valence-corrected chi connectivity index (χ3v) is 2.83. The topological polar surface area (TPSA) is 42.3 Å². The minimum absolute atomic E-state index is 0.239. The van der Waals surface area contributed by atoms with Crippen LogP contribution in [0.2, 0.25) is 0 Å². The van der Waals surface area contributed by atoms with Gasteiger partial charge in [0.05, 0.1) is 0 Å². The summed E-state index contributed by atoms with van der Waals surface area (Å²) in [4.78, 5) is 25.4. The number of hydrogen-bond acceptors (Lipinski definition) is 2. The second kappa shape index (κ2) is 4.25. The van der Waals surface area contributed by atoms with Gasteiger partial charge in [-0.1, -0.05) is 0 Å². The Morgan fingerprint density at radius 3 is 2.56 bits per heavy atom. The van der Waals surface area contributed by atoms with Crippen molar-refractivity contribution in [3.05, 3.63) is 46.1 Å². The van der Waals surface area contributed by atoms with Crippen LogP contribution in [0.1, 0.15) is 10.5 Å². The SMILES string of the molecule is CN(C)C(=O)c1cc2cc(F)ccc2c(=O)n1C. The van der Waals surface area contributed by atoms with Gasteiger partial charge in [0.2, 0.25) is 0 Å². The zero-order valence-electron chi connectivity index (χ0n) is 10.4. The van der Waals surface area contributed by atoms with Crippen molar-refractivity contribution in [1.82, 2.24) is 9.47 Å². The molecular weight excluding hydrogens is 235 g/mol. The molecule has 4 nitrogen and oxygen atoms in total. The standard InChI is InChI=1S/C13H13FN2O2/c1-15(2)13(18)11-7-8-6-9(14)4-5-10(8)12(17)16(11)3/h4-7H,1-3H3. The third kappa shape index (κ3) is 1.88. The molecular formula is C13H13FN2O2. The molecule has 18 heavy (non-hydrogen) atoms. The number of amides is 1. The van der Waals surface area contributed by atoms with Crippen LogP contribution in [0.4, 0.5) is 4.39 Å². The van der Waals surface area contributed by atoms with Gasteiger partial charge in [0.1, 0.15) is 11.5 Å². The van der Waals surface area contributed by atoms with Crippen molar-refractivity contribution < 1.29 is 9.18 Å². The lowest BCUT2D eigenvalue weighted by molar-refractivity contribution is 0.0817. The van der Waals surface area contributed by atoms with Gasteiger partial charge in [-0.15, -0.1) is 0 Å². The van der Waals surface area contributed by atoms with Gasteiger partial charge in [-0.3, -0.25) is 9.59 Å². The van der Waals surface area contributed by atoms with Crippen LogP contribution in [-0.4, -0.2) is 29.5 Å². The first kappa shape index (κ1) is 12.3. The Kier molecular flexibility index (Phi) is 2.90. The smallest absolute Gasteiger partial charge is 0.270 e. The molecule has 0 bridgehead atoms. The molecule has 0 spiro atoms. The predicted octanol–water partition coefficient (Wildman–Crippen LogP) is 1.38. The molecule has 0 aliphatic rings. The molecule has 0 radical (unpaired) electrons. The van der Waals surface area contributed by atoms with Gasteiger partial charge < -0.3 is 9.47 Å². The number of pyridine rings is 1. The first-order chi connectivity index (χ1) is 8.41. The molecule has 0 aliphatic carbocycles. The summed E-state index contributed by atoms with van der Waals surface area (Å²) < 4.78 is 14.4. The molecule has 2 aromatic rings. The highest BCUT2D eigenvalue weighted by Gasteiger charge is 2.14. The van der Waals surface area contributed by atoms with E-state index in [4.69, 9.17) is 0 Å². The number of halogens is 1. The van der Waals surface area contributed by atoms with Crippen LogP contribution in [0, 0.1) is 5.82 Å². The van der Waals surface area contributed by atoms with E-state index < -0.39 is 5.82 Å². The van der Waals surface area contributed by atoms with E-state index in [1.807, 2.05) is 0 Å². The summed E-state index contributed by atoms with van der Waals surface area (Å²) >= 11 is 0. The Morgan fingerprint density at radius 1 is 1.28 bits per heavy atom.